The van der Waals surface area contributed by atoms with E-state index in [1.165, 1.54) is 30.3 Å². The topological polar surface area (TPSA) is 62.9 Å². The zero-order valence-corrected chi connectivity index (χ0v) is 13.8. The van der Waals surface area contributed by atoms with Crippen LogP contribution in [0.3, 0.4) is 0 Å². The molecule has 1 N–H and O–H groups in total. The van der Waals surface area contributed by atoms with Gasteiger partial charge < -0.3 is 10.2 Å². The predicted octanol–water partition coefficient (Wildman–Crippen LogP) is 3.96. The maximum absolute atomic E-state index is 8.95. The number of benzene rings is 1. The molecule has 0 amide bonds. The summed E-state index contributed by atoms with van der Waals surface area (Å²) in [5, 5.41) is 21.6. The van der Waals surface area contributed by atoms with Gasteiger partial charge in [0.15, 0.2) is 5.57 Å². The largest absolute Gasteiger partial charge is 0.372 e. The highest BCUT2D eigenvalue weighted by molar-refractivity contribution is 8.02. The molecule has 4 nitrogen and oxygen atoms in total. The number of nitriles is 2. The third-order valence-electron chi connectivity index (χ3n) is 3.93. The van der Waals surface area contributed by atoms with E-state index in [2.05, 4.69) is 29.3 Å². The van der Waals surface area contributed by atoms with Gasteiger partial charge in [-0.3, -0.25) is 0 Å². The Morgan fingerprint density at radius 3 is 2.27 bits per heavy atom. The second kappa shape index (κ2) is 7.77. The van der Waals surface area contributed by atoms with E-state index in [1.54, 1.807) is 0 Å². The minimum absolute atomic E-state index is 0.113. The smallest absolute Gasteiger partial charge is 0.159 e. The number of piperidine rings is 1. The number of allylic oxidation sites excluding steroid dienone is 1. The Balaban J connectivity index is 2.08. The van der Waals surface area contributed by atoms with Gasteiger partial charge in [0, 0.05) is 24.5 Å². The van der Waals surface area contributed by atoms with Crippen LogP contribution in [0, 0.1) is 28.6 Å². The summed E-state index contributed by atoms with van der Waals surface area (Å²) in [6, 6.07) is 12.0. The lowest BCUT2D eigenvalue weighted by atomic mass is 9.99. The minimum atomic E-state index is 0.113. The summed E-state index contributed by atoms with van der Waals surface area (Å²) in [5.74, 6) is 0.821. The van der Waals surface area contributed by atoms with Gasteiger partial charge in [0.1, 0.15) is 17.2 Å². The SMILES string of the molecule is CSC(Nc1ccc(N2CCC(C)CC2)cc1)=C(C#N)C#N. The maximum Gasteiger partial charge on any atom is 0.159 e. The van der Waals surface area contributed by atoms with E-state index < -0.39 is 0 Å². The molecule has 0 saturated carbocycles. The van der Waals surface area contributed by atoms with Crippen molar-refractivity contribution in [2.45, 2.75) is 19.8 Å². The molecule has 5 heteroatoms. The molecule has 1 saturated heterocycles. The first-order valence-corrected chi connectivity index (χ1v) is 8.61. The monoisotopic (exact) mass is 312 g/mol. The summed E-state index contributed by atoms with van der Waals surface area (Å²) >= 11 is 1.37. The zero-order chi connectivity index (χ0) is 15.9. The summed E-state index contributed by atoms with van der Waals surface area (Å²) in [6.07, 6.45) is 4.33. The zero-order valence-electron chi connectivity index (χ0n) is 13.0. The molecular weight excluding hydrogens is 292 g/mol. The first-order valence-electron chi connectivity index (χ1n) is 7.38. The van der Waals surface area contributed by atoms with Crippen molar-refractivity contribution in [3.63, 3.8) is 0 Å². The average molecular weight is 312 g/mol. The fourth-order valence-electron chi connectivity index (χ4n) is 2.50. The molecule has 0 bridgehead atoms. The molecular formula is C17H20N4S. The van der Waals surface area contributed by atoms with Crippen LogP contribution in [-0.4, -0.2) is 19.3 Å². The normalized spacial score (nSPS) is 14.8. The number of thioether (sulfide) groups is 1. The minimum Gasteiger partial charge on any atom is -0.372 e. The fraction of sp³-hybridized carbons (Fsp3) is 0.412. The molecule has 0 radical (unpaired) electrons. The molecule has 1 aromatic carbocycles. The number of nitrogens with zero attached hydrogens (tertiary/aromatic N) is 3. The van der Waals surface area contributed by atoms with Crippen LogP contribution in [0.1, 0.15) is 19.8 Å². The fourth-order valence-corrected chi connectivity index (χ4v) is 3.01. The van der Waals surface area contributed by atoms with Crippen LogP contribution in [0.25, 0.3) is 0 Å². The van der Waals surface area contributed by atoms with Crippen molar-refractivity contribution in [3.8, 4) is 12.1 Å². The molecule has 1 aliphatic rings. The first-order chi connectivity index (χ1) is 10.7. The molecule has 0 spiro atoms. The Kier molecular flexibility index (Phi) is 5.75. The van der Waals surface area contributed by atoms with E-state index >= 15 is 0 Å². The molecule has 1 fully saturated rings. The summed E-state index contributed by atoms with van der Waals surface area (Å²) in [5.41, 5.74) is 2.23. The van der Waals surface area contributed by atoms with Crippen molar-refractivity contribution >= 4 is 23.1 Å². The Hall–Kier alpha value is -2.11. The molecule has 114 valence electrons. The average Bonchev–Trinajstić information content (AvgIpc) is 2.56. The molecule has 0 atom stereocenters. The number of anilines is 2. The summed E-state index contributed by atoms with van der Waals surface area (Å²) in [6.45, 7) is 4.52. The van der Waals surface area contributed by atoms with Crippen LogP contribution in [-0.2, 0) is 0 Å². The lowest BCUT2D eigenvalue weighted by molar-refractivity contribution is 0.438. The molecule has 0 aromatic heterocycles. The number of nitrogens with one attached hydrogen (secondary N) is 1. The van der Waals surface area contributed by atoms with E-state index in [1.807, 2.05) is 30.5 Å². The molecule has 0 unspecified atom stereocenters. The second-order valence-corrected chi connectivity index (χ2v) is 6.29. The van der Waals surface area contributed by atoms with Gasteiger partial charge in [0.05, 0.1) is 0 Å². The van der Waals surface area contributed by atoms with E-state index in [0.717, 1.165) is 24.7 Å². The van der Waals surface area contributed by atoms with Gasteiger partial charge in [-0.05, 0) is 49.3 Å². The van der Waals surface area contributed by atoms with Gasteiger partial charge in [-0.15, -0.1) is 11.8 Å². The molecule has 1 aliphatic heterocycles. The van der Waals surface area contributed by atoms with Crippen LogP contribution in [0.4, 0.5) is 11.4 Å². The summed E-state index contributed by atoms with van der Waals surface area (Å²) in [7, 11) is 0. The van der Waals surface area contributed by atoms with Gasteiger partial charge >= 0.3 is 0 Å². The molecule has 22 heavy (non-hydrogen) atoms. The second-order valence-electron chi connectivity index (χ2n) is 5.47. The third kappa shape index (κ3) is 3.96. The number of rotatable bonds is 4. The lowest BCUT2D eigenvalue weighted by Crippen LogP contribution is -2.32. The highest BCUT2D eigenvalue weighted by atomic mass is 32.2. The van der Waals surface area contributed by atoms with Crippen molar-refractivity contribution < 1.29 is 0 Å². The molecule has 1 heterocycles. The Morgan fingerprint density at radius 2 is 1.77 bits per heavy atom. The lowest BCUT2D eigenvalue weighted by Gasteiger charge is -2.32. The highest BCUT2D eigenvalue weighted by Gasteiger charge is 2.15. The van der Waals surface area contributed by atoms with Crippen LogP contribution in [0.2, 0.25) is 0 Å². The van der Waals surface area contributed by atoms with E-state index in [4.69, 9.17) is 10.5 Å². The molecule has 2 rings (SSSR count). The van der Waals surface area contributed by atoms with Crippen LogP contribution in [0.15, 0.2) is 34.9 Å². The molecule has 0 aliphatic carbocycles. The molecule has 1 aromatic rings. The van der Waals surface area contributed by atoms with Gasteiger partial charge in [0.2, 0.25) is 0 Å². The summed E-state index contributed by atoms with van der Waals surface area (Å²) < 4.78 is 0. The van der Waals surface area contributed by atoms with Crippen molar-refractivity contribution in [2.24, 2.45) is 5.92 Å². The number of hydrogen-bond donors (Lipinski definition) is 1. The van der Waals surface area contributed by atoms with Crippen molar-refractivity contribution in [1.29, 1.82) is 10.5 Å². The van der Waals surface area contributed by atoms with Crippen molar-refractivity contribution in [1.82, 2.24) is 0 Å². The standard InChI is InChI=1S/C17H20N4S/c1-13-7-9-21(10-8-13)16-5-3-15(4-6-16)20-17(22-2)14(11-18)12-19/h3-6,13,20H,7-10H2,1-2H3. The first kappa shape index (κ1) is 16.3. The highest BCUT2D eigenvalue weighted by Crippen LogP contribution is 2.26. The van der Waals surface area contributed by atoms with Gasteiger partial charge in [-0.1, -0.05) is 6.92 Å². The third-order valence-corrected chi connectivity index (χ3v) is 4.64. The van der Waals surface area contributed by atoms with Crippen LogP contribution < -0.4 is 10.2 Å². The van der Waals surface area contributed by atoms with E-state index in [0.29, 0.717) is 5.03 Å². The van der Waals surface area contributed by atoms with E-state index in [9.17, 15) is 0 Å². The van der Waals surface area contributed by atoms with Gasteiger partial charge in [-0.25, -0.2) is 0 Å². The maximum atomic E-state index is 8.95. The number of hydrogen-bond acceptors (Lipinski definition) is 5. The van der Waals surface area contributed by atoms with Crippen LogP contribution in [0.5, 0.6) is 0 Å². The summed E-state index contributed by atoms with van der Waals surface area (Å²) in [4.78, 5) is 2.41. The van der Waals surface area contributed by atoms with E-state index in [-0.39, 0.29) is 5.57 Å². The Labute approximate surface area is 136 Å². The van der Waals surface area contributed by atoms with Gasteiger partial charge in [0.25, 0.3) is 0 Å². The van der Waals surface area contributed by atoms with Crippen LogP contribution >= 0.6 is 11.8 Å². The Bertz CT molecular complexity index is 598. The van der Waals surface area contributed by atoms with Crippen molar-refractivity contribution in [3.05, 3.63) is 34.9 Å². The van der Waals surface area contributed by atoms with Crippen molar-refractivity contribution in [2.75, 3.05) is 29.6 Å². The predicted molar refractivity (Wildman–Crippen MR) is 92.4 cm³/mol. The van der Waals surface area contributed by atoms with Gasteiger partial charge in [-0.2, -0.15) is 10.5 Å². The Morgan fingerprint density at radius 1 is 1.18 bits per heavy atom. The quantitative estimate of drug-likeness (QED) is 0.853.